The summed E-state index contributed by atoms with van der Waals surface area (Å²) in [6.07, 6.45) is 4.80. The fourth-order valence-electron chi connectivity index (χ4n) is 2.42. The van der Waals surface area contributed by atoms with Crippen LogP contribution in [0.5, 0.6) is 0 Å². The van der Waals surface area contributed by atoms with E-state index in [2.05, 4.69) is 4.72 Å². The van der Waals surface area contributed by atoms with Gasteiger partial charge in [0.25, 0.3) is 0 Å². The van der Waals surface area contributed by atoms with E-state index >= 15 is 0 Å². The van der Waals surface area contributed by atoms with Gasteiger partial charge in [-0.25, -0.2) is 13.1 Å². The Labute approximate surface area is 127 Å². The molecule has 1 aliphatic heterocycles. The SMILES string of the molecule is CC(C)(CCl)C(=O)N1CCCCC1CCNS(C)(=O)=O. The minimum absolute atomic E-state index is 0.0663. The van der Waals surface area contributed by atoms with Crippen molar-refractivity contribution in [3.05, 3.63) is 0 Å². The molecule has 0 aromatic rings. The summed E-state index contributed by atoms with van der Waals surface area (Å²) in [5.74, 6) is 0.355. The van der Waals surface area contributed by atoms with Crippen molar-refractivity contribution < 1.29 is 13.2 Å². The normalized spacial score (nSPS) is 21.0. The Balaban J connectivity index is 2.65. The number of hydrogen-bond donors (Lipinski definition) is 1. The summed E-state index contributed by atoms with van der Waals surface area (Å²) in [5.41, 5.74) is -0.568. The molecule has 5 nitrogen and oxygen atoms in total. The molecular weight excluding hydrogens is 300 g/mol. The largest absolute Gasteiger partial charge is 0.339 e. The van der Waals surface area contributed by atoms with Crippen molar-refractivity contribution in [3.63, 3.8) is 0 Å². The van der Waals surface area contributed by atoms with Crippen molar-refractivity contribution in [1.82, 2.24) is 9.62 Å². The van der Waals surface area contributed by atoms with E-state index in [1.807, 2.05) is 18.7 Å². The number of halogens is 1. The first-order valence-electron chi connectivity index (χ1n) is 6.99. The lowest BCUT2D eigenvalue weighted by atomic mass is 9.90. The number of rotatable bonds is 6. The van der Waals surface area contributed by atoms with Crippen LogP contribution >= 0.6 is 11.6 Å². The Morgan fingerprint density at radius 2 is 2.05 bits per heavy atom. The van der Waals surface area contributed by atoms with Gasteiger partial charge in [0, 0.05) is 25.0 Å². The molecule has 1 heterocycles. The van der Waals surface area contributed by atoms with Gasteiger partial charge in [-0.05, 0) is 39.5 Å². The first-order valence-corrected chi connectivity index (χ1v) is 9.41. The summed E-state index contributed by atoms with van der Waals surface area (Å²) in [6, 6.07) is 0.105. The quantitative estimate of drug-likeness (QED) is 0.754. The predicted molar refractivity (Wildman–Crippen MR) is 81.3 cm³/mol. The standard InChI is InChI=1S/C13H25ClN2O3S/c1-13(2,10-14)12(17)16-9-5-4-6-11(16)7-8-15-20(3,18)19/h11,15H,4-10H2,1-3H3. The molecule has 1 N–H and O–H groups in total. The molecule has 20 heavy (non-hydrogen) atoms. The first-order chi connectivity index (χ1) is 9.17. The number of amides is 1. The number of sulfonamides is 1. The third kappa shape index (κ3) is 5.22. The fourth-order valence-corrected chi connectivity index (χ4v) is 3.03. The average molecular weight is 325 g/mol. The van der Waals surface area contributed by atoms with E-state index in [1.54, 1.807) is 0 Å². The Hall–Kier alpha value is -0.330. The molecule has 118 valence electrons. The Kier molecular flexibility index (Phi) is 6.28. The Bertz CT molecular complexity index is 437. The highest BCUT2D eigenvalue weighted by atomic mass is 35.5. The van der Waals surface area contributed by atoms with E-state index < -0.39 is 15.4 Å². The highest BCUT2D eigenvalue weighted by molar-refractivity contribution is 7.88. The van der Waals surface area contributed by atoms with Crippen LogP contribution in [0.3, 0.4) is 0 Å². The molecule has 0 spiro atoms. The van der Waals surface area contributed by atoms with E-state index in [1.165, 1.54) is 0 Å². The summed E-state index contributed by atoms with van der Waals surface area (Å²) < 4.78 is 24.7. The lowest BCUT2D eigenvalue weighted by molar-refractivity contribution is -0.143. The number of nitrogens with one attached hydrogen (secondary N) is 1. The van der Waals surface area contributed by atoms with Gasteiger partial charge < -0.3 is 4.90 Å². The van der Waals surface area contributed by atoms with Crippen molar-refractivity contribution in [2.45, 2.75) is 45.6 Å². The molecular formula is C13H25ClN2O3S. The van der Waals surface area contributed by atoms with Crippen LogP contribution < -0.4 is 4.72 Å². The second-order valence-electron chi connectivity index (χ2n) is 6.12. The molecule has 7 heteroatoms. The maximum absolute atomic E-state index is 12.5. The zero-order valence-electron chi connectivity index (χ0n) is 12.5. The lowest BCUT2D eigenvalue weighted by Gasteiger charge is -2.40. The van der Waals surface area contributed by atoms with Crippen LogP contribution in [0, 0.1) is 5.41 Å². The second kappa shape index (κ2) is 7.09. The molecule has 0 aromatic carbocycles. The smallest absolute Gasteiger partial charge is 0.229 e. The predicted octanol–water partition coefficient (Wildman–Crippen LogP) is 1.57. The van der Waals surface area contributed by atoms with Crippen molar-refractivity contribution in [2.75, 3.05) is 25.2 Å². The second-order valence-corrected chi connectivity index (χ2v) is 8.22. The Morgan fingerprint density at radius 1 is 1.40 bits per heavy atom. The molecule has 1 aliphatic rings. The number of likely N-dealkylation sites (tertiary alicyclic amines) is 1. The highest BCUT2D eigenvalue weighted by Crippen LogP contribution is 2.27. The molecule has 0 saturated carbocycles. The van der Waals surface area contributed by atoms with Gasteiger partial charge in [0.05, 0.1) is 11.7 Å². The van der Waals surface area contributed by atoms with Gasteiger partial charge in [0.2, 0.25) is 15.9 Å². The third-order valence-corrected chi connectivity index (χ3v) is 5.04. The van der Waals surface area contributed by atoms with E-state index in [-0.39, 0.29) is 17.8 Å². The van der Waals surface area contributed by atoms with Crippen LogP contribution in [0.2, 0.25) is 0 Å². The van der Waals surface area contributed by atoms with Crippen LogP contribution in [0.15, 0.2) is 0 Å². The minimum atomic E-state index is -3.17. The number of nitrogens with zero attached hydrogens (tertiary/aromatic N) is 1. The van der Waals surface area contributed by atoms with E-state index in [9.17, 15) is 13.2 Å². The molecule has 1 rings (SSSR count). The fraction of sp³-hybridized carbons (Fsp3) is 0.923. The van der Waals surface area contributed by atoms with Crippen molar-refractivity contribution in [3.8, 4) is 0 Å². The molecule has 0 bridgehead atoms. The molecule has 1 unspecified atom stereocenters. The summed E-state index contributed by atoms with van der Waals surface area (Å²) in [6.45, 7) is 4.81. The van der Waals surface area contributed by atoms with E-state index in [0.717, 1.165) is 32.1 Å². The average Bonchev–Trinajstić information content (AvgIpc) is 2.37. The number of piperidine rings is 1. The number of carbonyl (C=O) groups is 1. The summed E-state index contributed by atoms with van der Waals surface area (Å²) in [7, 11) is -3.17. The number of carbonyl (C=O) groups excluding carboxylic acids is 1. The summed E-state index contributed by atoms with van der Waals surface area (Å²) in [4.78, 5) is 14.4. The Morgan fingerprint density at radius 3 is 2.60 bits per heavy atom. The number of hydrogen-bond acceptors (Lipinski definition) is 3. The molecule has 0 radical (unpaired) electrons. The van der Waals surface area contributed by atoms with Crippen LogP contribution in [0.1, 0.15) is 39.5 Å². The van der Waals surface area contributed by atoms with Crippen LogP contribution in [0.4, 0.5) is 0 Å². The van der Waals surface area contributed by atoms with Crippen molar-refractivity contribution in [1.29, 1.82) is 0 Å². The molecule has 1 fully saturated rings. The van der Waals surface area contributed by atoms with Gasteiger partial charge >= 0.3 is 0 Å². The molecule has 0 aliphatic carbocycles. The third-order valence-electron chi connectivity index (χ3n) is 3.64. The zero-order valence-corrected chi connectivity index (χ0v) is 14.1. The van der Waals surface area contributed by atoms with Crippen LogP contribution in [0.25, 0.3) is 0 Å². The molecule has 1 atom stereocenters. The highest BCUT2D eigenvalue weighted by Gasteiger charge is 2.35. The van der Waals surface area contributed by atoms with Gasteiger partial charge in [0.15, 0.2) is 0 Å². The first kappa shape index (κ1) is 17.7. The summed E-state index contributed by atoms with van der Waals surface area (Å²) in [5, 5.41) is 0. The minimum Gasteiger partial charge on any atom is -0.339 e. The van der Waals surface area contributed by atoms with Gasteiger partial charge in [-0.15, -0.1) is 11.6 Å². The zero-order chi connectivity index (χ0) is 15.4. The van der Waals surface area contributed by atoms with Crippen LogP contribution in [-0.2, 0) is 14.8 Å². The topological polar surface area (TPSA) is 66.5 Å². The number of alkyl halides is 1. The monoisotopic (exact) mass is 324 g/mol. The van der Waals surface area contributed by atoms with Gasteiger partial charge in [0.1, 0.15) is 0 Å². The maximum Gasteiger partial charge on any atom is 0.229 e. The lowest BCUT2D eigenvalue weighted by Crippen LogP contribution is -2.50. The van der Waals surface area contributed by atoms with Crippen molar-refractivity contribution >= 4 is 27.5 Å². The van der Waals surface area contributed by atoms with E-state index in [4.69, 9.17) is 11.6 Å². The molecule has 0 aromatic heterocycles. The van der Waals surface area contributed by atoms with Gasteiger partial charge in [-0.2, -0.15) is 0 Å². The van der Waals surface area contributed by atoms with E-state index in [0.29, 0.717) is 13.0 Å². The summed E-state index contributed by atoms with van der Waals surface area (Å²) >= 11 is 5.88. The van der Waals surface area contributed by atoms with Gasteiger partial charge in [-0.1, -0.05) is 0 Å². The van der Waals surface area contributed by atoms with Crippen LogP contribution in [-0.4, -0.2) is 50.5 Å². The molecule has 1 saturated heterocycles. The van der Waals surface area contributed by atoms with Crippen molar-refractivity contribution in [2.24, 2.45) is 5.41 Å². The molecule has 1 amide bonds. The van der Waals surface area contributed by atoms with Gasteiger partial charge in [-0.3, -0.25) is 4.79 Å². The maximum atomic E-state index is 12.5.